The van der Waals surface area contributed by atoms with Gasteiger partial charge in [0, 0.05) is 5.92 Å². The highest BCUT2D eigenvalue weighted by Crippen LogP contribution is 2.06. The van der Waals surface area contributed by atoms with Gasteiger partial charge in [0.05, 0.1) is 6.54 Å². The number of aromatic nitrogens is 4. The van der Waals surface area contributed by atoms with Crippen molar-refractivity contribution in [2.45, 2.75) is 40.2 Å². The molecule has 4 heteroatoms. The van der Waals surface area contributed by atoms with Crippen molar-refractivity contribution < 1.29 is 0 Å². The standard InChI is InChI=1S/C8H16N4/c1-6(2)5-12-10-8(7(3)4)9-11-12/h6-7H,5H2,1-4H3. The molecule has 1 heterocycles. The van der Waals surface area contributed by atoms with Crippen LogP contribution in [0.3, 0.4) is 0 Å². The smallest absolute Gasteiger partial charge is 0.164 e. The molecule has 0 fully saturated rings. The lowest BCUT2D eigenvalue weighted by atomic mass is 10.2. The SMILES string of the molecule is CC(C)Cn1nnc(C(C)C)n1. The summed E-state index contributed by atoms with van der Waals surface area (Å²) in [5.41, 5.74) is 0. The van der Waals surface area contributed by atoms with Crippen LogP contribution in [0.2, 0.25) is 0 Å². The predicted octanol–water partition coefficient (Wildman–Crippen LogP) is 1.45. The summed E-state index contributed by atoms with van der Waals surface area (Å²) in [6.45, 7) is 9.25. The summed E-state index contributed by atoms with van der Waals surface area (Å²) in [6, 6.07) is 0. The number of rotatable bonds is 3. The molecule has 0 aromatic carbocycles. The maximum atomic E-state index is 4.24. The third-order valence-corrected chi connectivity index (χ3v) is 1.51. The molecule has 1 aromatic heterocycles. The molecule has 0 aliphatic carbocycles. The average molecular weight is 168 g/mol. The lowest BCUT2D eigenvalue weighted by molar-refractivity contribution is 0.428. The van der Waals surface area contributed by atoms with Crippen LogP contribution in [0.1, 0.15) is 39.4 Å². The third-order valence-electron chi connectivity index (χ3n) is 1.51. The zero-order valence-corrected chi connectivity index (χ0v) is 8.15. The van der Waals surface area contributed by atoms with Gasteiger partial charge in [-0.1, -0.05) is 27.7 Å². The largest absolute Gasteiger partial charge is 0.177 e. The fourth-order valence-electron chi connectivity index (χ4n) is 0.891. The highest BCUT2D eigenvalue weighted by atomic mass is 15.6. The quantitative estimate of drug-likeness (QED) is 0.686. The first-order valence-corrected chi connectivity index (χ1v) is 4.37. The number of nitrogens with zero attached hydrogens (tertiary/aromatic N) is 4. The van der Waals surface area contributed by atoms with Gasteiger partial charge in [0.1, 0.15) is 0 Å². The van der Waals surface area contributed by atoms with E-state index >= 15 is 0 Å². The van der Waals surface area contributed by atoms with Gasteiger partial charge in [-0.25, -0.2) is 0 Å². The van der Waals surface area contributed by atoms with Crippen molar-refractivity contribution in [3.63, 3.8) is 0 Å². The summed E-state index contributed by atoms with van der Waals surface area (Å²) >= 11 is 0. The van der Waals surface area contributed by atoms with Crippen LogP contribution in [0.4, 0.5) is 0 Å². The van der Waals surface area contributed by atoms with Crippen LogP contribution in [0, 0.1) is 5.92 Å². The molecule has 0 unspecified atom stereocenters. The molecule has 0 saturated heterocycles. The molecular formula is C8H16N4. The highest BCUT2D eigenvalue weighted by Gasteiger charge is 2.06. The Bertz CT molecular complexity index is 239. The molecule has 12 heavy (non-hydrogen) atoms. The second kappa shape index (κ2) is 3.65. The van der Waals surface area contributed by atoms with Crippen molar-refractivity contribution in [3.05, 3.63) is 5.82 Å². The monoisotopic (exact) mass is 168 g/mol. The highest BCUT2D eigenvalue weighted by molar-refractivity contribution is 4.84. The van der Waals surface area contributed by atoms with Gasteiger partial charge in [0.2, 0.25) is 0 Å². The fraction of sp³-hybridized carbons (Fsp3) is 0.875. The first kappa shape index (κ1) is 9.16. The van der Waals surface area contributed by atoms with Crippen molar-refractivity contribution in [3.8, 4) is 0 Å². The van der Waals surface area contributed by atoms with Crippen LogP contribution in [-0.2, 0) is 6.54 Å². The van der Waals surface area contributed by atoms with Gasteiger partial charge in [-0.3, -0.25) is 0 Å². The molecule has 68 valence electrons. The van der Waals surface area contributed by atoms with Gasteiger partial charge in [0.15, 0.2) is 5.82 Å². The van der Waals surface area contributed by atoms with E-state index in [1.54, 1.807) is 4.80 Å². The van der Waals surface area contributed by atoms with Crippen molar-refractivity contribution in [1.82, 2.24) is 20.2 Å². The molecule has 0 aliphatic heterocycles. The van der Waals surface area contributed by atoms with Crippen LogP contribution in [0.25, 0.3) is 0 Å². The normalized spacial score (nSPS) is 11.5. The average Bonchev–Trinajstić information content (AvgIpc) is 2.34. The van der Waals surface area contributed by atoms with Gasteiger partial charge in [-0.2, -0.15) is 4.80 Å². The summed E-state index contributed by atoms with van der Waals surface area (Å²) in [5, 5.41) is 12.1. The topological polar surface area (TPSA) is 43.6 Å². The van der Waals surface area contributed by atoms with Crippen molar-refractivity contribution in [1.29, 1.82) is 0 Å². The minimum absolute atomic E-state index is 0.367. The van der Waals surface area contributed by atoms with Gasteiger partial charge in [-0.15, -0.1) is 10.2 Å². The van der Waals surface area contributed by atoms with Gasteiger partial charge in [-0.05, 0) is 11.1 Å². The van der Waals surface area contributed by atoms with Crippen LogP contribution >= 0.6 is 0 Å². The maximum Gasteiger partial charge on any atom is 0.177 e. The van der Waals surface area contributed by atoms with Crippen LogP contribution in [0.15, 0.2) is 0 Å². The summed E-state index contributed by atoms with van der Waals surface area (Å²) in [6.07, 6.45) is 0. The third kappa shape index (κ3) is 2.29. The van der Waals surface area contributed by atoms with E-state index in [0.29, 0.717) is 11.8 Å². The zero-order chi connectivity index (χ0) is 9.14. The van der Waals surface area contributed by atoms with Crippen molar-refractivity contribution >= 4 is 0 Å². The Morgan fingerprint density at radius 1 is 1.25 bits per heavy atom. The van der Waals surface area contributed by atoms with E-state index in [-0.39, 0.29) is 0 Å². The van der Waals surface area contributed by atoms with Gasteiger partial charge < -0.3 is 0 Å². The second-order valence-corrected chi connectivity index (χ2v) is 3.75. The second-order valence-electron chi connectivity index (χ2n) is 3.75. The van der Waals surface area contributed by atoms with E-state index in [4.69, 9.17) is 0 Å². The Morgan fingerprint density at radius 3 is 2.33 bits per heavy atom. The Hall–Kier alpha value is -0.930. The van der Waals surface area contributed by atoms with E-state index in [1.807, 2.05) is 0 Å². The lowest BCUT2D eigenvalue weighted by Crippen LogP contribution is -2.08. The minimum atomic E-state index is 0.367. The molecule has 0 saturated carbocycles. The van der Waals surface area contributed by atoms with E-state index in [0.717, 1.165) is 12.4 Å². The summed E-state index contributed by atoms with van der Waals surface area (Å²) in [7, 11) is 0. The Morgan fingerprint density at radius 2 is 1.92 bits per heavy atom. The van der Waals surface area contributed by atoms with E-state index in [9.17, 15) is 0 Å². The Labute approximate surface area is 73.0 Å². The molecular weight excluding hydrogens is 152 g/mol. The van der Waals surface area contributed by atoms with E-state index in [1.165, 1.54) is 0 Å². The van der Waals surface area contributed by atoms with Gasteiger partial charge >= 0.3 is 0 Å². The fourth-order valence-corrected chi connectivity index (χ4v) is 0.891. The molecule has 0 radical (unpaired) electrons. The molecule has 0 N–H and O–H groups in total. The summed E-state index contributed by atoms with van der Waals surface area (Å²) < 4.78 is 0. The first-order chi connectivity index (χ1) is 5.59. The van der Waals surface area contributed by atoms with E-state index in [2.05, 4.69) is 43.1 Å². The number of hydrogen-bond donors (Lipinski definition) is 0. The summed E-state index contributed by atoms with van der Waals surface area (Å²) in [5.74, 6) is 1.76. The zero-order valence-electron chi connectivity index (χ0n) is 8.15. The van der Waals surface area contributed by atoms with Crippen LogP contribution in [0.5, 0.6) is 0 Å². The predicted molar refractivity (Wildman–Crippen MR) is 46.7 cm³/mol. The maximum absolute atomic E-state index is 4.24. The molecule has 1 aromatic rings. The first-order valence-electron chi connectivity index (χ1n) is 4.37. The minimum Gasteiger partial charge on any atom is -0.164 e. The van der Waals surface area contributed by atoms with Crippen molar-refractivity contribution in [2.24, 2.45) is 5.92 Å². The number of tetrazole rings is 1. The Kier molecular flexibility index (Phi) is 2.78. The molecule has 0 bridgehead atoms. The molecule has 1 rings (SSSR count). The van der Waals surface area contributed by atoms with Crippen LogP contribution < -0.4 is 0 Å². The van der Waals surface area contributed by atoms with E-state index < -0.39 is 0 Å². The molecule has 0 spiro atoms. The molecule has 0 amide bonds. The van der Waals surface area contributed by atoms with Crippen molar-refractivity contribution in [2.75, 3.05) is 0 Å². The molecule has 0 aliphatic rings. The van der Waals surface area contributed by atoms with Crippen LogP contribution in [-0.4, -0.2) is 20.2 Å². The summed E-state index contributed by atoms with van der Waals surface area (Å²) in [4.78, 5) is 1.67. The van der Waals surface area contributed by atoms with Gasteiger partial charge in [0.25, 0.3) is 0 Å². The molecule has 0 atom stereocenters. The Balaban J connectivity index is 2.64. The lowest BCUT2D eigenvalue weighted by Gasteiger charge is -2.00. The molecule has 4 nitrogen and oxygen atoms in total. The number of hydrogen-bond acceptors (Lipinski definition) is 3.